The van der Waals surface area contributed by atoms with Gasteiger partial charge in [-0.2, -0.15) is 0 Å². The van der Waals surface area contributed by atoms with Gasteiger partial charge in [0, 0.05) is 12.8 Å². The predicted octanol–water partition coefficient (Wildman–Crippen LogP) is 16.9. The third-order valence-electron chi connectivity index (χ3n) is 12.5. The molecule has 0 aromatic heterocycles. The SMILES string of the molecule is CCCC/C=C\CCCCCCCC(=O)OC(/C=C\CCCCCCCCCCCC)C(COP(=O)(O)OCC[N+](C)(C)C)NC(=O)CCCCCCCCCCC/C=C\C/C=C\CCCCC. The summed E-state index contributed by atoms with van der Waals surface area (Å²) in [4.78, 5) is 37.5. The van der Waals surface area contributed by atoms with Gasteiger partial charge >= 0.3 is 13.8 Å². The van der Waals surface area contributed by atoms with E-state index in [1.54, 1.807) is 0 Å². The number of hydrogen-bond acceptors (Lipinski definition) is 6. The first kappa shape index (κ1) is 66.0. The van der Waals surface area contributed by atoms with Crippen molar-refractivity contribution in [3.8, 4) is 0 Å². The molecule has 9 nitrogen and oxygen atoms in total. The highest BCUT2D eigenvalue weighted by molar-refractivity contribution is 7.47. The number of esters is 1. The second-order valence-electron chi connectivity index (χ2n) is 20.5. The molecule has 3 unspecified atom stereocenters. The zero-order valence-electron chi connectivity index (χ0n) is 45.3. The highest BCUT2D eigenvalue weighted by Crippen LogP contribution is 2.43. The Morgan fingerprint density at radius 3 is 1.41 bits per heavy atom. The molecule has 0 bridgehead atoms. The van der Waals surface area contributed by atoms with Gasteiger partial charge in [-0.3, -0.25) is 18.6 Å². The Morgan fingerprint density at radius 1 is 0.515 bits per heavy atom. The van der Waals surface area contributed by atoms with Gasteiger partial charge in [-0.05, 0) is 83.1 Å². The van der Waals surface area contributed by atoms with E-state index < -0.39 is 20.0 Å². The summed E-state index contributed by atoms with van der Waals surface area (Å²) in [5, 5.41) is 3.04. The van der Waals surface area contributed by atoms with Crippen LogP contribution in [0.25, 0.3) is 0 Å². The third kappa shape index (κ3) is 49.0. The molecule has 0 rings (SSSR count). The van der Waals surface area contributed by atoms with Crippen LogP contribution in [-0.2, 0) is 27.9 Å². The quantitative estimate of drug-likeness (QED) is 0.0205. The first-order chi connectivity index (χ1) is 32.9. The van der Waals surface area contributed by atoms with Gasteiger partial charge in [-0.1, -0.05) is 211 Å². The van der Waals surface area contributed by atoms with Crippen molar-refractivity contribution in [3.63, 3.8) is 0 Å². The standard InChI is InChI=1S/C58H109N2O7P/c1-7-10-13-16-19-22-25-27-28-29-30-31-32-33-36-38-41-44-47-50-57(61)59-55(54-66-68(63,64)65-53-52-60(4,5)6)56(49-46-43-40-37-35-26-23-20-17-14-11-8-2)67-58(62)51-48-45-42-39-34-24-21-18-15-12-9-3/h18-19,21-22,27-28,46,49,55-56H,7-17,20,23-26,29-45,47-48,50-54H2,1-6H3,(H-,59,61,63,64)/p+1/b21-18-,22-19-,28-27-,49-46-. The minimum absolute atomic E-state index is 0.0380. The zero-order chi connectivity index (χ0) is 50.1. The Balaban J connectivity index is 5.29. The fourth-order valence-electron chi connectivity index (χ4n) is 8.01. The highest BCUT2D eigenvalue weighted by Gasteiger charge is 2.30. The van der Waals surface area contributed by atoms with E-state index in [2.05, 4.69) is 62.5 Å². The van der Waals surface area contributed by atoms with Crippen LogP contribution in [0.3, 0.4) is 0 Å². The van der Waals surface area contributed by atoms with E-state index in [0.717, 1.165) is 89.9 Å². The van der Waals surface area contributed by atoms with Gasteiger partial charge in [0.1, 0.15) is 19.3 Å². The number of quaternary nitrogens is 1. The first-order valence-electron chi connectivity index (χ1n) is 28.5. The summed E-state index contributed by atoms with van der Waals surface area (Å²) in [6.07, 6.45) is 58.1. The summed E-state index contributed by atoms with van der Waals surface area (Å²) in [7, 11) is 1.49. The highest BCUT2D eigenvalue weighted by atomic mass is 31.2. The van der Waals surface area contributed by atoms with E-state index in [4.69, 9.17) is 13.8 Å². The van der Waals surface area contributed by atoms with Crippen LogP contribution in [-0.4, -0.2) is 74.3 Å². The van der Waals surface area contributed by atoms with Crippen molar-refractivity contribution in [2.75, 3.05) is 40.9 Å². The maximum Gasteiger partial charge on any atom is 0.472 e. The maximum absolute atomic E-state index is 13.5. The average molecular weight is 978 g/mol. The third-order valence-corrected chi connectivity index (χ3v) is 13.5. The molecule has 0 spiro atoms. The van der Waals surface area contributed by atoms with Crippen LogP contribution in [0.2, 0.25) is 0 Å². The number of hydrogen-bond donors (Lipinski definition) is 2. The number of amides is 1. The topological polar surface area (TPSA) is 111 Å². The average Bonchev–Trinajstić information content (AvgIpc) is 3.29. The lowest BCUT2D eigenvalue weighted by molar-refractivity contribution is -0.870. The Bertz CT molecular complexity index is 1310. The first-order valence-corrected chi connectivity index (χ1v) is 30.0. The van der Waals surface area contributed by atoms with Crippen LogP contribution < -0.4 is 5.32 Å². The van der Waals surface area contributed by atoms with Crippen LogP contribution in [0.15, 0.2) is 48.6 Å². The summed E-state index contributed by atoms with van der Waals surface area (Å²) in [5.41, 5.74) is 0. The lowest BCUT2D eigenvalue weighted by Crippen LogP contribution is -2.47. The summed E-state index contributed by atoms with van der Waals surface area (Å²) < 4.78 is 30.6. The number of carbonyl (C=O) groups excluding carboxylic acids is 2. The molecule has 0 aliphatic rings. The summed E-state index contributed by atoms with van der Waals surface area (Å²) in [5.74, 6) is -0.518. The lowest BCUT2D eigenvalue weighted by atomic mass is 10.0. The molecule has 68 heavy (non-hydrogen) atoms. The van der Waals surface area contributed by atoms with Crippen LogP contribution in [0.4, 0.5) is 0 Å². The number of rotatable bonds is 51. The van der Waals surface area contributed by atoms with Crippen molar-refractivity contribution >= 4 is 19.7 Å². The second kappa shape index (κ2) is 48.6. The predicted molar refractivity (Wildman–Crippen MR) is 291 cm³/mol. The van der Waals surface area contributed by atoms with Crippen molar-refractivity contribution in [2.45, 2.75) is 270 Å². The smallest absolute Gasteiger partial charge is 0.456 e. The molecule has 0 fully saturated rings. The van der Waals surface area contributed by atoms with Crippen LogP contribution >= 0.6 is 7.82 Å². The molecule has 0 aliphatic heterocycles. The monoisotopic (exact) mass is 978 g/mol. The molecule has 0 heterocycles. The largest absolute Gasteiger partial charge is 0.472 e. The number of phosphoric acid groups is 1. The van der Waals surface area contributed by atoms with E-state index >= 15 is 0 Å². The normalized spacial score (nSPS) is 14.2. The van der Waals surface area contributed by atoms with Gasteiger partial charge < -0.3 is 19.4 Å². The molecule has 0 saturated heterocycles. The van der Waals surface area contributed by atoms with Crippen molar-refractivity contribution in [3.05, 3.63) is 48.6 Å². The van der Waals surface area contributed by atoms with Gasteiger partial charge in [-0.15, -0.1) is 0 Å². The molecule has 0 radical (unpaired) electrons. The minimum Gasteiger partial charge on any atom is -0.456 e. The van der Waals surface area contributed by atoms with Crippen LogP contribution in [0.1, 0.15) is 258 Å². The summed E-state index contributed by atoms with van der Waals surface area (Å²) in [6.45, 7) is 6.94. The van der Waals surface area contributed by atoms with E-state index in [-0.39, 0.29) is 31.5 Å². The number of ether oxygens (including phenoxy) is 1. The maximum atomic E-state index is 13.5. The van der Waals surface area contributed by atoms with Crippen LogP contribution in [0, 0.1) is 0 Å². The number of allylic oxidation sites excluding steroid dienone is 7. The molecule has 398 valence electrons. The number of phosphoric ester groups is 1. The van der Waals surface area contributed by atoms with Crippen molar-refractivity contribution in [1.82, 2.24) is 5.32 Å². The van der Waals surface area contributed by atoms with Gasteiger partial charge in [0.2, 0.25) is 5.91 Å². The Kier molecular flexibility index (Phi) is 47.1. The Morgan fingerprint density at radius 2 is 0.912 bits per heavy atom. The van der Waals surface area contributed by atoms with Crippen molar-refractivity contribution < 1.29 is 37.3 Å². The molecule has 0 aliphatic carbocycles. The molecular weight excluding hydrogens is 868 g/mol. The van der Waals surface area contributed by atoms with E-state index in [0.29, 0.717) is 17.4 Å². The van der Waals surface area contributed by atoms with Gasteiger partial charge in [-0.25, -0.2) is 4.57 Å². The molecule has 3 atom stereocenters. The van der Waals surface area contributed by atoms with E-state index in [9.17, 15) is 19.0 Å². The molecule has 0 saturated carbocycles. The lowest BCUT2D eigenvalue weighted by Gasteiger charge is -2.27. The Labute approximate surface area is 420 Å². The van der Waals surface area contributed by atoms with E-state index in [1.807, 2.05) is 33.3 Å². The number of nitrogens with one attached hydrogen (secondary N) is 1. The number of unbranched alkanes of at least 4 members (excludes halogenated alkanes) is 29. The second-order valence-corrected chi connectivity index (χ2v) is 21.9. The molecule has 0 aromatic carbocycles. The fraction of sp³-hybridized carbons (Fsp3) is 0.828. The number of likely N-dealkylation sites (N-methyl/N-ethyl adjacent to an activating group) is 1. The van der Waals surface area contributed by atoms with Crippen LogP contribution in [0.5, 0.6) is 0 Å². The molecule has 2 N–H and O–H groups in total. The van der Waals surface area contributed by atoms with Gasteiger partial charge in [0.05, 0.1) is 33.8 Å². The van der Waals surface area contributed by atoms with Gasteiger partial charge in [0.15, 0.2) is 0 Å². The fourth-order valence-corrected chi connectivity index (χ4v) is 8.75. The van der Waals surface area contributed by atoms with Crippen molar-refractivity contribution in [1.29, 1.82) is 0 Å². The van der Waals surface area contributed by atoms with Crippen molar-refractivity contribution in [2.24, 2.45) is 0 Å². The number of nitrogens with zero attached hydrogens (tertiary/aromatic N) is 1. The Hall–Kier alpha value is -2.03. The molecule has 0 aromatic rings. The molecule has 1 amide bonds. The number of carbonyl (C=O) groups is 2. The summed E-state index contributed by atoms with van der Waals surface area (Å²) in [6, 6.07) is -0.851. The molecular formula is C58H110N2O7P+. The van der Waals surface area contributed by atoms with E-state index in [1.165, 1.54) is 135 Å². The minimum atomic E-state index is -4.44. The summed E-state index contributed by atoms with van der Waals surface area (Å²) >= 11 is 0. The van der Waals surface area contributed by atoms with Gasteiger partial charge in [0.25, 0.3) is 0 Å². The molecule has 10 heteroatoms. The zero-order valence-corrected chi connectivity index (χ0v) is 46.2.